The highest BCUT2D eigenvalue weighted by molar-refractivity contribution is 7.92. The molecule has 0 radical (unpaired) electrons. The van der Waals surface area contributed by atoms with Crippen LogP contribution in [-0.2, 0) is 21.9 Å². The Balaban J connectivity index is 1.78. The van der Waals surface area contributed by atoms with Crippen LogP contribution in [0.5, 0.6) is 5.75 Å². The summed E-state index contributed by atoms with van der Waals surface area (Å²) in [5.74, 6) is 0.145. The molecule has 1 heterocycles. The van der Waals surface area contributed by atoms with E-state index in [1.807, 2.05) is 0 Å². The first-order valence-corrected chi connectivity index (χ1v) is 14.4. The van der Waals surface area contributed by atoms with E-state index in [4.69, 9.17) is 16.3 Å². The number of aliphatic hydroxyl groups is 1. The van der Waals surface area contributed by atoms with Gasteiger partial charge in [-0.1, -0.05) is 54.6 Å². The smallest absolute Gasteiger partial charge is 0.417 e. The Labute approximate surface area is 241 Å². The van der Waals surface area contributed by atoms with Crippen molar-refractivity contribution in [3.63, 3.8) is 0 Å². The van der Waals surface area contributed by atoms with Gasteiger partial charge >= 0.3 is 6.18 Å². The second-order valence-electron chi connectivity index (χ2n) is 10.1. The molecule has 1 atom stereocenters. The van der Waals surface area contributed by atoms with Crippen LogP contribution < -0.4 is 9.04 Å². The average molecular weight is 610 g/mol. The predicted molar refractivity (Wildman–Crippen MR) is 152 cm³/mol. The van der Waals surface area contributed by atoms with Crippen LogP contribution in [0, 0.1) is 0 Å². The number of rotatable bonds is 8. The van der Waals surface area contributed by atoms with Gasteiger partial charge in [0.25, 0.3) is 10.0 Å². The van der Waals surface area contributed by atoms with E-state index in [1.165, 1.54) is 74.5 Å². The van der Waals surface area contributed by atoms with Gasteiger partial charge in [-0.05, 0) is 67.8 Å². The van der Waals surface area contributed by atoms with Crippen molar-refractivity contribution in [3.8, 4) is 5.75 Å². The summed E-state index contributed by atoms with van der Waals surface area (Å²) in [5.41, 5.74) is -2.19. The molecule has 0 spiro atoms. The molecule has 0 saturated heterocycles. The minimum Gasteiger partial charge on any atom is -0.513 e. The highest BCUT2D eigenvalue weighted by Gasteiger charge is 2.36. The van der Waals surface area contributed by atoms with E-state index in [0.717, 1.165) is 10.4 Å². The number of hydrogen-bond acceptors (Lipinski definition) is 4. The van der Waals surface area contributed by atoms with Crippen LogP contribution in [-0.4, -0.2) is 26.2 Å². The Morgan fingerprint density at radius 3 is 2.46 bits per heavy atom. The van der Waals surface area contributed by atoms with Gasteiger partial charge < -0.3 is 9.84 Å². The largest absolute Gasteiger partial charge is 0.513 e. The second kappa shape index (κ2) is 11.4. The minimum atomic E-state index is -4.63. The molecule has 0 fully saturated rings. The topological polar surface area (TPSA) is 66.8 Å². The van der Waals surface area contributed by atoms with Gasteiger partial charge in [-0.25, -0.2) is 12.8 Å². The van der Waals surface area contributed by atoms with E-state index >= 15 is 0 Å². The Hall–Kier alpha value is -3.50. The van der Waals surface area contributed by atoms with Crippen LogP contribution in [0.15, 0.2) is 77.9 Å². The Morgan fingerprint density at radius 2 is 1.80 bits per heavy atom. The van der Waals surface area contributed by atoms with Gasteiger partial charge in [0.15, 0.2) is 0 Å². The number of benzene rings is 3. The van der Waals surface area contributed by atoms with Gasteiger partial charge in [0.2, 0.25) is 0 Å². The number of anilines is 1. The molecular weight excluding hydrogens is 582 g/mol. The molecule has 11 heteroatoms. The Kier molecular flexibility index (Phi) is 8.47. The first-order valence-electron chi connectivity index (χ1n) is 12.6. The van der Waals surface area contributed by atoms with Crippen molar-refractivity contribution in [1.82, 2.24) is 0 Å². The minimum absolute atomic E-state index is 0.0787. The number of alkyl halides is 4. The van der Waals surface area contributed by atoms with Crippen LogP contribution in [0.2, 0.25) is 5.02 Å². The lowest BCUT2D eigenvalue weighted by molar-refractivity contribution is -0.137. The Morgan fingerprint density at radius 1 is 1.10 bits per heavy atom. The summed E-state index contributed by atoms with van der Waals surface area (Å²) in [5, 5.41) is 9.47. The summed E-state index contributed by atoms with van der Waals surface area (Å²) in [4.78, 5) is -0.134. The van der Waals surface area contributed by atoms with Crippen LogP contribution in [0.3, 0.4) is 0 Å². The van der Waals surface area contributed by atoms with Gasteiger partial charge in [0, 0.05) is 17.0 Å². The van der Waals surface area contributed by atoms with Crippen molar-refractivity contribution in [2.45, 2.75) is 49.5 Å². The molecule has 0 saturated carbocycles. The van der Waals surface area contributed by atoms with E-state index in [9.17, 15) is 31.1 Å². The molecule has 0 amide bonds. The number of sulfonamides is 1. The lowest BCUT2D eigenvalue weighted by Crippen LogP contribution is -2.43. The van der Waals surface area contributed by atoms with Crippen molar-refractivity contribution < 1.29 is 35.8 Å². The SMILES string of the molecule is C=C(O)CC[C@H]1CN(S(=O)(=O)c2cccc(C(C)(C)F)c2)c2cc(/C=C/c3c(Cl)cccc3C(F)(F)F)ccc2O1. The number of aliphatic hydroxyl groups excluding tert-OH is 1. The zero-order valence-corrected chi connectivity index (χ0v) is 23.8. The normalized spacial score (nSPS) is 16.0. The van der Waals surface area contributed by atoms with E-state index in [2.05, 4.69) is 6.58 Å². The molecule has 0 bridgehead atoms. The third-order valence-electron chi connectivity index (χ3n) is 6.58. The first kappa shape index (κ1) is 30.5. The third kappa shape index (κ3) is 6.87. The molecule has 1 N–H and O–H groups in total. The molecule has 41 heavy (non-hydrogen) atoms. The van der Waals surface area contributed by atoms with E-state index < -0.39 is 33.5 Å². The molecule has 0 unspecified atom stereocenters. The highest BCUT2D eigenvalue weighted by atomic mass is 35.5. The molecule has 1 aliphatic rings. The maximum absolute atomic E-state index is 14.7. The van der Waals surface area contributed by atoms with Crippen molar-refractivity contribution in [1.29, 1.82) is 0 Å². The van der Waals surface area contributed by atoms with E-state index in [1.54, 1.807) is 6.07 Å². The van der Waals surface area contributed by atoms with Gasteiger partial charge in [-0.2, -0.15) is 13.2 Å². The summed E-state index contributed by atoms with van der Waals surface area (Å²) in [6, 6.07) is 13.7. The number of nitrogens with zero attached hydrogens (tertiary/aromatic N) is 1. The third-order valence-corrected chi connectivity index (χ3v) is 8.68. The summed E-state index contributed by atoms with van der Waals surface area (Å²) in [7, 11) is -4.24. The zero-order valence-electron chi connectivity index (χ0n) is 22.3. The summed E-state index contributed by atoms with van der Waals surface area (Å²) >= 11 is 6.07. The lowest BCUT2D eigenvalue weighted by atomic mass is 10.0. The molecule has 0 aliphatic carbocycles. The molecule has 1 aliphatic heterocycles. The molecule has 0 aromatic heterocycles. The number of halogens is 5. The van der Waals surface area contributed by atoms with Crippen LogP contribution in [0.1, 0.15) is 48.9 Å². The highest BCUT2D eigenvalue weighted by Crippen LogP contribution is 2.40. The van der Waals surface area contributed by atoms with Crippen molar-refractivity contribution in [2.24, 2.45) is 0 Å². The molecule has 5 nitrogen and oxygen atoms in total. The first-order chi connectivity index (χ1) is 19.1. The number of fused-ring (bicyclic) bond motifs is 1. The molecule has 3 aromatic rings. The molecule has 218 valence electrons. The van der Waals surface area contributed by atoms with Gasteiger partial charge in [-0.15, -0.1) is 0 Å². The number of allylic oxidation sites excluding steroid dienone is 1. The fourth-order valence-electron chi connectivity index (χ4n) is 4.42. The zero-order chi connectivity index (χ0) is 30.2. The van der Waals surface area contributed by atoms with Crippen LogP contribution in [0.4, 0.5) is 23.2 Å². The number of hydrogen-bond donors (Lipinski definition) is 1. The van der Waals surface area contributed by atoms with Gasteiger partial charge in [0.1, 0.15) is 17.5 Å². The standard InChI is InChI=1S/C30H28ClF4NO4S/c1-19(37)10-13-22-18-36(41(38,39)23-7-4-6-21(17-23)29(2,3)32)27-16-20(12-15-28(27)40-22)11-14-24-25(30(33,34)35)8-5-9-26(24)31/h4-9,11-12,14-17,22,37H,1,10,13,18H2,2-3H3/b14-11+/t22-/m0/s1. The maximum atomic E-state index is 14.7. The second-order valence-corrected chi connectivity index (χ2v) is 12.4. The monoisotopic (exact) mass is 609 g/mol. The lowest BCUT2D eigenvalue weighted by Gasteiger charge is -2.36. The molecule has 4 rings (SSSR count). The van der Waals surface area contributed by atoms with E-state index in [0.29, 0.717) is 5.56 Å². The Bertz CT molecular complexity index is 1600. The fraction of sp³-hybridized carbons (Fsp3) is 0.267. The molecular formula is C30H28ClF4NO4S. The number of ether oxygens (including phenoxy) is 1. The maximum Gasteiger partial charge on any atom is 0.417 e. The summed E-state index contributed by atoms with van der Waals surface area (Å²) in [6.07, 6.45) is -2.20. The van der Waals surface area contributed by atoms with Gasteiger partial charge in [-0.3, -0.25) is 4.31 Å². The molecule has 3 aromatic carbocycles. The fourth-order valence-corrected chi connectivity index (χ4v) is 6.21. The van der Waals surface area contributed by atoms with E-state index in [-0.39, 0.29) is 57.6 Å². The van der Waals surface area contributed by atoms with Crippen molar-refractivity contribution in [2.75, 3.05) is 10.8 Å². The average Bonchev–Trinajstić information content (AvgIpc) is 2.89. The summed E-state index contributed by atoms with van der Waals surface area (Å²) < 4.78 is 90.3. The van der Waals surface area contributed by atoms with Crippen LogP contribution in [0.25, 0.3) is 12.2 Å². The van der Waals surface area contributed by atoms with Gasteiger partial charge in [0.05, 0.1) is 28.5 Å². The van der Waals surface area contributed by atoms with Crippen molar-refractivity contribution >= 4 is 39.5 Å². The van der Waals surface area contributed by atoms with Crippen molar-refractivity contribution in [3.05, 3.63) is 100 Å². The van der Waals surface area contributed by atoms with Crippen LogP contribution >= 0.6 is 11.6 Å². The quantitative estimate of drug-likeness (QED) is 0.158. The predicted octanol–water partition coefficient (Wildman–Crippen LogP) is 8.54. The summed E-state index contributed by atoms with van der Waals surface area (Å²) in [6.45, 7) is 5.98.